The van der Waals surface area contributed by atoms with Gasteiger partial charge in [-0.3, -0.25) is 9.59 Å². The molecule has 24 heavy (non-hydrogen) atoms. The van der Waals surface area contributed by atoms with Crippen LogP contribution in [0.2, 0.25) is 10.0 Å². The zero-order valence-corrected chi connectivity index (χ0v) is 14.8. The van der Waals surface area contributed by atoms with Crippen LogP contribution in [0.4, 0.5) is 5.69 Å². The number of anilines is 1. The molecule has 3 N–H and O–H groups in total. The summed E-state index contributed by atoms with van der Waals surface area (Å²) in [5.41, 5.74) is 5.72. The molecule has 0 radical (unpaired) electrons. The molecule has 5 nitrogen and oxygen atoms in total. The molecule has 0 aliphatic rings. The van der Waals surface area contributed by atoms with E-state index in [1.807, 2.05) is 0 Å². The molecule has 2 amide bonds. The lowest BCUT2D eigenvalue weighted by atomic mass is 10.3. The summed E-state index contributed by atoms with van der Waals surface area (Å²) < 4.78 is 5.38. The number of rotatable bonds is 7. The lowest BCUT2D eigenvalue weighted by Crippen LogP contribution is -2.20. The minimum Gasteiger partial charge on any atom is -0.482 e. The van der Waals surface area contributed by atoms with E-state index in [0.29, 0.717) is 16.5 Å². The maximum atomic E-state index is 12.1. The molecule has 0 aliphatic heterocycles. The molecule has 2 aromatic carbocycles. The average Bonchev–Trinajstić information content (AvgIpc) is 2.55. The van der Waals surface area contributed by atoms with Crippen molar-refractivity contribution in [1.29, 1.82) is 0 Å². The second-order valence-corrected chi connectivity index (χ2v) is 6.44. The number of ether oxygens (including phenoxy) is 1. The molecule has 0 atom stereocenters. The highest BCUT2D eigenvalue weighted by Gasteiger charge is 2.11. The van der Waals surface area contributed by atoms with Crippen molar-refractivity contribution in [1.82, 2.24) is 0 Å². The summed E-state index contributed by atoms with van der Waals surface area (Å²) in [5, 5.41) is 3.33. The number of carbonyl (C=O) groups is 2. The normalized spacial score (nSPS) is 10.2. The van der Waals surface area contributed by atoms with Gasteiger partial charge in [0, 0.05) is 4.90 Å². The number of amides is 2. The molecular formula is C16H14Cl2N2O3S. The second-order valence-electron chi connectivity index (χ2n) is 4.64. The quantitative estimate of drug-likeness (QED) is 0.714. The van der Waals surface area contributed by atoms with Crippen LogP contribution in [0.5, 0.6) is 5.75 Å². The van der Waals surface area contributed by atoms with E-state index in [1.54, 1.807) is 42.5 Å². The second kappa shape index (κ2) is 8.82. The summed E-state index contributed by atoms with van der Waals surface area (Å²) in [7, 11) is 0. The number of nitrogens with one attached hydrogen (secondary N) is 1. The van der Waals surface area contributed by atoms with Crippen molar-refractivity contribution in [2.75, 3.05) is 17.7 Å². The zero-order valence-electron chi connectivity index (χ0n) is 12.4. The first kappa shape index (κ1) is 18.4. The molecule has 0 bridgehead atoms. The lowest BCUT2D eigenvalue weighted by Gasteiger charge is -2.12. The minimum atomic E-state index is -0.430. The van der Waals surface area contributed by atoms with E-state index in [-0.39, 0.29) is 23.3 Å². The van der Waals surface area contributed by atoms with Gasteiger partial charge in [0.2, 0.25) is 5.91 Å². The molecule has 0 spiro atoms. The van der Waals surface area contributed by atoms with Crippen LogP contribution in [-0.4, -0.2) is 24.2 Å². The molecule has 2 rings (SSSR count). The number of carbonyl (C=O) groups excluding carboxylic acids is 2. The van der Waals surface area contributed by atoms with Gasteiger partial charge in [-0.1, -0.05) is 41.4 Å². The fraction of sp³-hybridized carbons (Fsp3) is 0.125. The van der Waals surface area contributed by atoms with Crippen molar-refractivity contribution in [3.8, 4) is 5.75 Å². The first-order valence-corrected chi connectivity index (χ1v) is 8.58. The van der Waals surface area contributed by atoms with E-state index in [9.17, 15) is 9.59 Å². The Kier molecular flexibility index (Phi) is 6.78. The van der Waals surface area contributed by atoms with E-state index in [2.05, 4.69) is 5.32 Å². The van der Waals surface area contributed by atoms with Crippen LogP contribution in [0.3, 0.4) is 0 Å². The number of benzene rings is 2. The van der Waals surface area contributed by atoms with Crippen LogP contribution < -0.4 is 15.8 Å². The Balaban J connectivity index is 1.97. The smallest absolute Gasteiger partial charge is 0.262 e. The van der Waals surface area contributed by atoms with Crippen molar-refractivity contribution >= 4 is 52.5 Å². The third-order valence-corrected chi connectivity index (χ3v) is 4.70. The van der Waals surface area contributed by atoms with E-state index in [4.69, 9.17) is 33.7 Å². The predicted molar refractivity (Wildman–Crippen MR) is 96.9 cm³/mol. The maximum absolute atomic E-state index is 12.1. The van der Waals surface area contributed by atoms with E-state index < -0.39 is 5.91 Å². The fourth-order valence-corrected chi connectivity index (χ4v) is 2.86. The van der Waals surface area contributed by atoms with Gasteiger partial charge >= 0.3 is 0 Å². The Bertz CT molecular complexity index is 756. The standard InChI is InChI=1S/C16H14Cl2N2O3S/c17-10-4-3-6-12(16(10)18)23-8-15(22)20-11-5-1-2-7-13(11)24-9-14(19)21/h1-7H,8-9H2,(H2,19,21)(H,20,22). The van der Waals surface area contributed by atoms with Gasteiger partial charge in [-0.2, -0.15) is 0 Å². The minimum absolute atomic E-state index is 0.126. The summed E-state index contributed by atoms with van der Waals surface area (Å²) in [4.78, 5) is 23.7. The summed E-state index contributed by atoms with van der Waals surface area (Å²) >= 11 is 13.1. The lowest BCUT2D eigenvalue weighted by molar-refractivity contribution is -0.118. The molecule has 0 fully saturated rings. The summed E-state index contributed by atoms with van der Waals surface area (Å²) in [5.74, 6) is -0.337. The number of para-hydroxylation sites is 1. The van der Waals surface area contributed by atoms with Gasteiger partial charge in [0.05, 0.1) is 16.5 Å². The first-order chi connectivity index (χ1) is 11.5. The maximum Gasteiger partial charge on any atom is 0.262 e. The van der Waals surface area contributed by atoms with E-state index in [1.165, 1.54) is 11.8 Å². The van der Waals surface area contributed by atoms with E-state index >= 15 is 0 Å². The molecule has 0 saturated carbocycles. The molecule has 0 aromatic heterocycles. The number of nitrogens with two attached hydrogens (primary N) is 1. The van der Waals surface area contributed by atoms with Crippen molar-refractivity contribution in [2.24, 2.45) is 5.73 Å². The van der Waals surface area contributed by atoms with Crippen molar-refractivity contribution in [3.63, 3.8) is 0 Å². The Hall–Kier alpha value is -1.89. The molecule has 8 heteroatoms. The van der Waals surface area contributed by atoms with Gasteiger partial charge in [-0.15, -0.1) is 11.8 Å². The van der Waals surface area contributed by atoms with Gasteiger partial charge in [-0.05, 0) is 24.3 Å². The number of hydrogen-bond acceptors (Lipinski definition) is 4. The van der Waals surface area contributed by atoms with Crippen LogP contribution >= 0.6 is 35.0 Å². The summed E-state index contributed by atoms with van der Waals surface area (Å²) in [6.07, 6.45) is 0. The molecule has 0 heterocycles. The largest absolute Gasteiger partial charge is 0.482 e. The zero-order chi connectivity index (χ0) is 17.5. The topological polar surface area (TPSA) is 81.4 Å². The highest BCUT2D eigenvalue weighted by molar-refractivity contribution is 8.00. The fourth-order valence-electron chi connectivity index (χ4n) is 1.77. The molecule has 2 aromatic rings. The first-order valence-electron chi connectivity index (χ1n) is 6.84. The Morgan fingerprint density at radius 3 is 2.62 bits per heavy atom. The number of hydrogen-bond donors (Lipinski definition) is 2. The molecule has 0 unspecified atom stereocenters. The number of halogens is 2. The Labute approximate surface area is 153 Å². The number of primary amides is 1. The average molecular weight is 385 g/mol. The van der Waals surface area contributed by atoms with Gasteiger partial charge in [-0.25, -0.2) is 0 Å². The summed E-state index contributed by atoms with van der Waals surface area (Å²) in [6.45, 7) is -0.227. The van der Waals surface area contributed by atoms with Crippen LogP contribution in [0.25, 0.3) is 0 Å². The van der Waals surface area contributed by atoms with Gasteiger partial charge in [0.1, 0.15) is 10.8 Å². The Morgan fingerprint density at radius 2 is 1.88 bits per heavy atom. The monoisotopic (exact) mass is 384 g/mol. The molecule has 0 aliphatic carbocycles. The van der Waals surface area contributed by atoms with Gasteiger partial charge in [0.25, 0.3) is 5.91 Å². The van der Waals surface area contributed by atoms with Crippen LogP contribution in [0.1, 0.15) is 0 Å². The predicted octanol–water partition coefficient (Wildman–Crippen LogP) is 3.59. The third-order valence-electron chi connectivity index (χ3n) is 2.81. The third kappa shape index (κ3) is 5.33. The van der Waals surface area contributed by atoms with Crippen LogP contribution in [-0.2, 0) is 9.59 Å². The molecule has 126 valence electrons. The van der Waals surface area contributed by atoms with Crippen LogP contribution in [0.15, 0.2) is 47.4 Å². The molecule has 0 saturated heterocycles. The van der Waals surface area contributed by atoms with E-state index in [0.717, 1.165) is 4.90 Å². The van der Waals surface area contributed by atoms with Crippen molar-refractivity contribution < 1.29 is 14.3 Å². The molecular weight excluding hydrogens is 371 g/mol. The van der Waals surface area contributed by atoms with Crippen molar-refractivity contribution in [3.05, 3.63) is 52.5 Å². The van der Waals surface area contributed by atoms with Gasteiger partial charge < -0.3 is 15.8 Å². The number of thioether (sulfide) groups is 1. The SMILES string of the molecule is NC(=O)CSc1ccccc1NC(=O)COc1cccc(Cl)c1Cl. The Morgan fingerprint density at radius 1 is 1.12 bits per heavy atom. The highest BCUT2D eigenvalue weighted by atomic mass is 35.5. The van der Waals surface area contributed by atoms with Gasteiger partial charge in [0.15, 0.2) is 6.61 Å². The summed E-state index contributed by atoms with van der Waals surface area (Å²) in [6, 6.07) is 12.0. The van der Waals surface area contributed by atoms with Crippen molar-refractivity contribution in [2.45, 2.75) is 4.90 Å². The highest BCUT2D eigenvalue weighted by Crippen LogP contribution is 2.31. The van der Waals surface area contributed by atoms with Crippen LogP contribution in [0, 0.1) is 0 Å².